The Morgan fingerprint density at radius 2 is 1.16 bits per heavy atom. The number of allylic oxidation sites excluding steroid dienone is 3. The summed E-state index contributed by atoms with van der Waals surface area (Å²) in [5.41, 5.74) is 6.73. The van der Waals surface area contributed by atoms with E-state index in [1.54, 1.807) is 0 Å². The van der Waals surface area contributed by atoms with Crippen LogP contribution in [0.3, 0.4) is 0 Å². The third-order valence-corrected chi connectivity index (χ3v) is 4.97. The predicted octanol–water partition coefficient (Wildman–Crippen LogP) is 8.56. The molecule has 0 atom stereocenters. The number of fused-ring (bicyclic) bond motifs is 2. The fourth-order valence-corrected chi connectivity index (χ4v) is 3.85. The van der Waals surface area contributed by atoms with Crippen LogP contribution in [0.2, 0.25) is 0 Å². The maximum absolute atomic E-state index is 12.8. The van der Waals surface area contributed by atoms with Crippen molar-refractivity contribution in [1.82, 2.24) is 9.97 Å². The Kier molecular flexibility index (Phi) is 9.27. The van der Waals surface area contributed by atoms with Crippen LogP contribution in [0.1, 0.15) is 65.5 Å². The molecule has 3 heteroatoms. The minimum atomic E-state index is 0.134. The van der Waals surface area contributed by atoms with E-state index in [1.807, 2.05) is 76.5 Å². The summed E-state index contributed by atoms with van der Waals surface area (Å²) in [6.07, 6.45) is 5.55. The van der Waals surface area contributed by atoms with Crippen LogP contribution in [0.4, 0.5) is 0 Å². The second kappa shape index (κ2) is 11.9. The molecule has 0 aliphatic heterocycles. The molecule has 168 valence electrons. The molecule has 0 radical (unpaired) electrons. The van der Waals surface area contributed by atoms with Crippen molar-refractivity contribution in [3.05, 3.63) is 84.2 Å². The number of benzene rings is 2. The molecule has 2 N–H and O–H groups in total. The van der Waals surface area contributed by atoms with Crippen LogP contribution in [-0.2, 0) is 4.79 Å². The van der Waals surface area contributed by atoms with Gasteiger partial charge >= 0.3 is 0 Å². The zero-order valence-corrected chi connectivity index (χ0v) is 20.3. The Bertz CT molecular complexity index is 1130. The number of carbonyl (C=O) groups excluding carboxylic acids is 1. The van der Waals surface area contributed by atoms with Crippen molar-refractivity contribution in [1.29, 1.82) is 0 Å². The first kappa shape index (κ1) is 24.9. The molecule has 0 bridgehead atoms. The van der Waals surface area contributed by atoms with Crippen molar-refractivity contribution in [2.75, 3.05) is 0 Å². The number of hydrogen-bond donors (Lipinski definition) is 2. The molecular weight excluding hydrogens is 392 g/mol. The summed E-state index contributed by atoms with van der Waals surface area (Å²) in [6, 6.07) is 16.2. The summed E-state index contributed by atoms with van der Waals surface area (Å²) >= 11 is 0. The van der Waals surface area contributed by atoms with E-state index in [0.717, 1.165) is 49.7 Å². The van der Waals surface area contributed by atoms with Crippen LogP contribution in [0, 0.1) is 0 Å². The number of rotatable bonds is 2. The number of carbonyl (C=O) groups is 1. The number of Topliss-reactive ketones (excluding diaryl/α,β-unsaturated/α-hetero) is 1. The molecule has 0 saturated heterocycles. The quantitative estimate of drug-likeness (QED) is 0.330. The van der Waals surface area contributed by atoms with Gasteiger partial charge in [0.1, 0.15) is 0 Å². The Hall–Kier alpha value is -3.33. The van der Waals surface area contributed by atoms with Crippen LogP contribution < -0.4 is 0 Å². The van der Waals surface area contributed by atoms with Gasteiger partial charge in [0.15, 0.2) is 5.78 Å². The summed E-state index contributed by atoms with van der Waals surface area (Å²) in [5, 5.41) is 2.18. The smallest absolute Gasteiger partial charge is 0.168 e. The first-order chi connectivity index (χ1) is 15.7. The molecule has 0 unspecified atom stereocenters. The van der Waals surface area contributed by atoms with E-state index in [2.05, 4.69) is 42.5 Å². The van der Waals surface area contributed by atoms with Crippen molar-refractivity contribution < 1.29 is 4.79 Å². The van der Waals surface area contributed by atoms with Crippen molar-refractivity contribution in [3.8, 4) is 0 Å². The highest BCUT2D eigenvalue weighted by atomic mass is 16.1. The predicted molar refractivity (Wildman–Crippen MR) is 141 cm³/mol. The summed E-state index contributed by atoms with van der Waals surface area (Å²) in [7, 11) is 0. The fraction of sp³-hybridized carbons (Fsp3) is 0.276. The Labute approximate surface area is 192 Å². The van der Waals surface area contributed by atoms with Gasteiger partial charge in [0, 0.05) is 57.3 Å². The van der Waals surface area contributed by atoms with Gasteiger partial charge in [0.25, 0.3) is 0 Å². The first-order valence-corrected chi connectivity index (χ1v) is 11.7. The molecule has 0 saturated carbocycles. The average molecular weight is 429 g/mol. The highest BCUT2D eigenvalue weighted by Gasteiger charge is 2.30. The molecule has 0 spiro atoms. The van der Waals surface area contributed by atoms with Crippen molar-refractivity contribution in [2.45, 2.75) is 54.4 Å². The van der Waals surface area contributed by atoms with Gasteiger partial charge in [-0.3, -0.25) is 4.79 Å². The lowest BCUT2D eigenvalue weighted by atomic mass is 9.95. The number of ketones is 1. The van der Waals surface area contributed by atoms with Gasteiger partial charge < -0.3 is 9.97 Å². The fourth-order valence-electron chi connectivity index (χ4n) is 3.85. The van der Waals surface area contributed by atoms with Crippen LogP contribution in [0.15, 0.2) is 73.1 Å². The van der Waals surface area contributed by atoms with Crippen molar-refractivity contribution in [2.24, 2.45) is 0 Å². The Morgan fingerprint density at radius 1 is 0.750 bits per heavy atom. The van der Waals surface area contributed by atoms with E-state index in [9.17, 15) is 4.79 Å². The molecule has 2 aromatic heterocycles. The number of H-pyrrole nitrogens is 2. The number of nitrogens with one attached hydrogen (secondary N) is 2. The van der Waals surface area contributed by atoms with Crippen LogP contribution in [-0.4, -0.2) is 15.8 Å². The maximum Gasteiger partial charge on any atom is 0.168 e. The number of aromatic amines is 2. The van der Waals surface area contributed by atoms with E-state index in [-0.39, 0.29) is 5.78 Å². The SMILES string of the molecule is C=C1CC(=O)C(c2c[nH]c3ccccc23)=C1c1c[nH]c2ccccc12.CC.CC.CCC. The first-order valence-electron chi connectivity index (χ1n) is 11.7. The zero-order valence-electron chi connectivity index (χ0n) is 20.3. The molecule has 1 aliphatic rings. The summed E-state index contributed by atoms with van der Waals surface area (Å²) < 4.78 is 0. The lowest BCUT2D eigenvalue weighted by Gasteiger charge is -2.06. The van der Waals surface area contributed by atoms with Gasteiger partial charge in [-0.15, -0.1) is 0 Å². The Morgan fingerprint density at radius 3 is 1.62 bits per heavy atom. The average Bonchev–Trinajstić information content (AvgIpc) is 3.51. The Balaban J connectivity index is 0.000000471. The molecular formula is C29H36N2O. The minimum Gasteiger partial charge on any atom is -0.361 e. The molecule has 4 aromatic rings. The molecule has 0 fully saturated rings. The molecule has 2 aromatic carbocycles. The molecule has 2 heterocycles. The van der Waals surface area contributed by atoms with Gasteiger partial charge in [0.2, 0.25) is 0 Å². The molecule has 3 nitrogen and oxygen atoms in total. The summed E-state index contributed by atoms with van der Waals surface area (Å²) in [6.45, 7) is 16.4. The third-order valence-electron chi connectivity index (χ3n) is 4.97. The number of para-hydroxylation sites is 2. The van der Waals surface area contributed by atoms with Crippen LogP contribution >= 0.6 is 0 Å². The number of aromatic nitrogens is 2. The monoisotopic (exact) mass is 428 g/mol. The summed E-state index contributed by atoms with van der Waals surface area (Å²) in [4.78, 5) is 19.4. The maximum atomic E-state index is 12.8. The lowest BCUT2D eigenvalue weighted by molar-refractivity contribution is -0.112. The van der Waals surface area contributed by atoms with E-state index < -0.39 is 0 Å². The van der Waals surface area contributed by atoms with Crippen molar-refractivity contribution >= 4 is 38.7 Å². The minimum absolute atomic E-state index is 0.134. The second-order valence-electron chi connectivity index (χ2n) is 7.16. The molecule has 32 heavy (non-hydrogen) atoms. The largest absolute Gasteiger partial charge is 0.361 e. The van der Waals surface area contributed by atoms with E-state index in [1.165, 1.54) is 6.42 Å². The molecule has 1 aliphatic carbocycles. The highest BCUT2D eigenvalue weighted by molar-refractivity contribution is 6.37. The van der Waals surface area contributed by atoms with Gasteiger partial charge in [-0.2, -0.15) is 0 Å². The molecule has 0 amide bonds. The van der Waals surface area contributed by atoms with E-state index >= 15 is 0 Å². The molecule has 5 rings (SSSR count). The standard InChI is InChI=1S/C22H16N2O.C3H8.2C2H6/c1-13-10-20(25)22(17-12-24-19-9-5-3-7-15(17)19)21(13)16-11-23-18-8-4-2-6-14(16)18;1-3-2;2*1-2/h2-9,11-12,23-24H,1,10H2;3H2,1-2H3;2*1-2H3. The normalized spacial score (nSPS) is 12.7. The van der Waals surface area contributed by atoms with Gasteiger partial charge in [0.05, 0.1) is 0 Å². The van der Waals surface area contributed by atoms with Crippen LogP contribution in [0.5, 0.6) is 0 Å². The van der Waals surface area contributed by atoms with Gasteiger partial charge in [-0.25, -0.2) is 0 Å². The third kappa shape index (κ3) is 4.77. The van der Waals surface area contributed by atoms with Crippen molar-refractivity contribution in [3.63, 3.8) is 0 Å². The number of hydrogen-bond acceptors (Lipinski definition) is 1. The topological polar surface area (TPSA) is 48.6 Å². The van der Waals surface area contributed by atoms with Crippen LogP contribution in [0.25, 0.3) is 33.0 Å². The van der Waals surface area contributed by atoms with E-state index in [4.69, 9.17) is 0 Å². The highest BCUT2D eigenvalue weighted by Crippen LogP contribution is 2.44. The second-order valence-corrected chi connectivity index (χ2v) is 7.16. The zero-order chi connectivity index (χ0) is 23.7. The summed E-state index contributed by atoms with van der Waals surface area (Å²) in [5.74, 6) is 0.134. The van der Waals surface area contributed by atoms with Gasteiger partial charge in [-0.1, -0.05) is 90.9 Å². The van der Waals surface area contributed by atoms with E-state index in [0.29, 0.717) is 6.42 Å². The van der Waals surface area contributed by atoms with Gasteiger partial charge in [-0.05, 0) is 23.3 Å². The lowest BCUT2D eigenvalue weighted by Crippen LogP contribution is -1.95.